The molecule has 14 amide bonds. The molecule has 4 aromatic carbocycles. The summed E-state index contributed by atoms with van der Waals surface area (Å²) in [7, 11) is -3.94. The number of sulfonamides is 1. The predicted molar refractivity (Wildman–Crippen MR) is 486 cm³/mol. The number of anilines is 2. The number of esters is 1. The van der Waals surface area contributed by atoms with Gasteiger partial charge in [-0.25, -0.2) is 13.2 Å². The van der Waals surface area contributed by atoms with Gasteiger partial charge in [-0.2, -0.15) is 4.31 Å². The van der Waals surface area contributed by atoms with Gasteiger partial charge in [-0.3, -0.25) is 86.3 Å². The Labute approximate surface area is 782 Å². The number of Topliss-reactive ketones (excluding diaryl/α,β-unsaturated/α-hetero) is 1. The molecule has 2 fully saturated rings. The molecular weight excluding hydrogens is 1800 g/mol. The van der Waals surface area contributed by atoms with Gasteiger partial charge in [0, 0.05) is 92.6 Å². The number of hydrogen-bond donors (Lipinski definition) is 22. The molecule has 46 nitrogen and oxygen atoms in total. The lowest BCUT2D eigenvalue weighted by molar-refractivity contribution is -0.156. The molecule has 13 atom stereocenters. The van der Waals surface area contributed by atoms with Crippen molar-refractivity contribution in [2.45, 2.75) is 221 Å². The molecule has 24 N–H and O–H groups in total. The van der Waals surface area contributed by atoms with Gasteiger partial charge in [0.25, 0.3) is 0 Å². The summed E-state index contributed by atoms with van der Waals surface area (Å²) in [5.41, 5.74) is 14.1. The van der Waals surface area contributed by atoms with E-state index in [-0.39, 0.29) is 61.6 Å². The highest BCUT2D eigenvalue weighted by Gasteiger charge is 2.42. The number of ketones is 1. The average Bonchev–Trinajstić information content (AvgIpc) is 1.38. The number of cyclic esters (lactones) is 1. The van der Waals surface area contributed by atoms with Crippen LogP contribution in [0.4, 0.5) is 11.4 Å². The number of piperazine rings is 1. The van der Waals surface area contributed by atoms with Crippen molar-refractivity contribution < 1.29 is 130 Å². The Morgan fingerprint density at radius 2 is 1.13 bits per heavy atom. The van der Waals surface area contributed by atoms with Crippen LogP contribution in [-0.2, 0) is 114 Å². The highest BCUT2D eigenvalue weighted by Crippen LogP contribution is 2.25. The number of nitrogen functional groups attached to an aromatic ring is 1. The van der Waals surface area contributed by atoms with Crippen molar-refractivity contribution in [2.24, 2.45) is 11.7 Å². The van der Waals surface area contributed by atoms with Gasteiger partial charge in [0.05, 0.1) is 50.3 Å². The maximum absolute atomic E-state index is 15.1. The van der Waals surface area contributed by atoms with Crippen LogP contribution in [-0.4, -0.2) is 287 Å². The molecule has 2 aliphatic rings. The largest absolute Gasteiger partial charge is 0.481 e. The van der Waals surface area contributed by atoms with Crippen LogP contribution in [0.25, 0.3) is 10.9 Å². The van der Waals surface area contributed by atoms with Crippen LogP contribution in [0.5, 0.6) is 0 Å². The van der Waals surface area contributed by atoms with Crippen LogP contribution in [0, 0.1) is 5.92 Å². The van der Waals surface area contributed by atoms with E-state index >= 15 is 14.4 Å². The van der Waals surface area contributed by atoms with Crippen molar-refractivity contribution in [3.63, 3.8) is 0 Å². The number of aliphatic hydroxyl groups is 2. The number of nitrogens with two attached hydrogens (primary N) is 2. The second kappa shape index (κ2) is 54.3. The van der Waals surface area contributed by atoms with Gasteiger partial charge in [-0.05, 0) is 106 Å². The molecule has 2 saturated heterocycles. The van der Waals surface area contributed by atoms with Gasteiger partial charge in [0.15, 0.2) is 5.78 Å². The third-order valence-corrected chi connectivity index (χ3v) is 24.2. The van der Waals surface area contributed by atoms with Gasteiger partial charge in [-0.1, -0.05) is 113 Å². The molecule has 47 heteroatoms. The number of hydrogen-bond acceptors (Lipinski definition) is 27. The minimum absolute atomic E-state index is 0.0000324. The van der Waals surface area contributed by atoms with Gasteiger partial charge >= 0.3 is 23.9 Å². The zero-order valence-electron chi connectivity index (χ0n) is 75.7. The van der Waals surface area contributed by atoms with E-state index < -0.39 is 272 Å². The van der Waals surface area contributed by atoms with Crippen LogP contribution in [0.2, 0.25) is 0 Å². The third-order valence-electron chi connectivity index (χ3n) is 22.3. The topological polar surface area (TPSA) is 712 Å². The summed E-state index contributed by atoms with van der Waals surface area (Å²) in [5, 5.41) is 83.8. The first-order valence-corrected chi connectivity index (χ1v) is 45.9. The fourth-order valence-electron chi connectivity index (χ4n) is 14.8. The summed E-state index contributed by atoms with van der Waals surface area (Å²) in [6.45, 7) is 1.79. The van der Waals surface area contributed by atoms with E-state index in [4.69, 9.17) is 16.2 Å². The smallest absolute Gasteiger partial charge is 0.329 e. The SMILES string of the molecule is CCCCCCCCCC(=O)N[C@@H](Cc1c[nH]c2ccccc12)C(=O)N[C@@H](CC(N)=O)C(=O)N[C@@H](CCO)C(=O)N[C@@H]1C(=O)NCC(=O)N[C@@H](CCCNCc2ccc(S(=O)(=O)N3CCN(c4ccccc4)CC3)cc2)C(=O)N[C@@H](CC(=O)O)C(=O)N[C@H](C)C(=O)N[C@@H](CC(=O)O)C(=O)NCC(=O)N[C@H](CO)C(=O)N[C@@H]([C@H](C)CC(=O)O)C(=O)N[C@@H](CC(=O)c2ccccc2N)C(=O)O[C@@H]1C. The number of ether oxygens (including phenoxy) is 1. The molecular formula is C89H121N19O27S. The number of carboxylic acids is 3. The fraction of sp³-hybridized carbons (Fsp3) is 0.494. The molecule has 2 aliphatic heterocycles. The fourth-order valence-corrected chi connectivity index (χ4v) is 16.3. The zero-order valence-corrected chi connectivity index (χ0v) is 76.5. The maximum atomic E-state index is 15.1. The molecule has 0 spiro atoms. The number of H-pyrrole nitrogens is 1. The van der Waals surface area contributed by atoms with Crippen LogP contribution in [0.1, 0.15) is 152 Å². The van der Waals surface area contributed by atoms with E-state index in [9.17, 15) is 111 Å². The number of aliphatic carboxylic acids is 3. The minimum Gasteiger partial charge on any atom is -0.481 e. The Balaban J connectivity index is 1.24. The number of aromatic amines is 1. The highest BCUT2D eigenvalue weighted by molar-refractivity contribution is 7.89. The van der Waals surface area contributed by atoms with E-state index in [0.717, 1.165) is 58.6 Å². The van der Waals surface area contributed by atoms with E-state index in [1.165, 1.54) is 40.7 Å². The van der Waals surface area contributed by atoms with Crippen LogP contribution >= 0.6 is 0 Å². The van der Waals surface area contributed by atoms with E-state index in [1.807, 2.05) is 41.0 Å². The summed E-state index contributed by atoms with van der Waals surface area (Å²) < 4.78 is 34.8. The number of carbonyl (C=O) groups excluding carboxylic acids is 16. The number of carboxylic acid groups (broad SMARTS) is 3. The lowest BCUT2D eigenvalue weighted by Gasteiger charge is -2.35. The normalized spacial score (nSPS) is 20.7. The first-order chi connectivity index (χ1) is 64.7. The predicted octanol–water partition coefficient (Wildman–Crippen LogP) is -3.37. The van der Waals surface area contributed by atoms with Crippen LogP contribution in [0.3, 0.4) is 0 Å². The Bertz CT molecular complexity index is 5170. The van der Waals surface area contributed by atoms with Crippen LogP contribution in [0.15, 0.2) is 114 Å². The molecule has 136 heavy (non-hydrogen) atoms. The number of fused-ring (bicyclic) bond motifs is 1. The Morgan fingerprint density at radius 1 is 0.559 bits per heavy atom. The number of carbonyl (C=O) groups is 19. The van der Waals surface area contributed by atoms with Gasteiger partial charge in [-0.15, -0.1) is 0 Å². The lowest BCUT2D eigenvalue weighted by atomic mass is 9.96. The molecule has 1 aromatic heterocycles. The second-order valence-corrected chi connectivity index (χ2v) is 34.9. The molecule has 5 aromatic rings. The number of nitrogens with zero attached hydrogens (tertiary/aromatic N) is 2. The summed E-state index contributed by atoms with van der Waals surface area (Å²) in [4.78, 5) is 270. The Morgan fingerprint density at radius 3 is 1.76 bits per heavy atom. The quantitative estimate of drug-likeness (QED) is 0.00786. The van der Waals surface area contributed by atoms with Gasteiger partial charge in [0.2, 0.25) is 92.7 Å². The average molecular weight is 1920 g/mol. The Hall–Kier alpha value is -14.1. The van der Waals surface area contributed by atoms with Crippen LogP contribution < -0.4 is 90.8 Å². The molecule has 0 aliphatic carbocycles. The molecule has 0 saturated carbocycles. The second-order valence-electron chi connectivity index (χ2n) is 32.9. The molecule has 0 unspecified atom stereocenters. The monoisotopic (exact) mass is 1920 g/mol. The number of benzene rings is 4. The highest BCUT2D eigenvalue weighted by atomic mass is 32.2. The number of para-hydroxylation sites is 3. The lowest BCUT2D eigenvalue weighted by Crippen LogP contribution is -2.61. The molecule has 740 valence electrons. The standard InChI is InChI=1S/C89H121N19O27S/c1-5-6-7-8-9-10-14-27-71(113)98-63(40-54-46-93-60-25-18-16-22-57(54)60)84(127)102-64(42-70(91)112)85(128)100-62(32-38-109)82(125)106-78-52(4)135-89(132)67(41-69(111)58-23-15-17-24-59(58)90)104-88(131)77(50(2)39-74(116)117)105-86(129)68(49-110)99-73(115)47-94-80(123)65(43-75(118)119)101-79(122)51(3)96-83(126)66(44-76(120)121)103-81(124)61(97-72(114)48-95-87(78)130)26-19-33-92-45-53-28-30-56(31-29-53)136(133,134)108-36-34-107(35-37-108)55-20-12-11-13-21-55/h11-13,15-18,20-25,28-31,46,50-52,61-68,77-78,92-93,109-110H,5-10,14,19,26-27,32-45,47-49,90H2,1-4H3,(H2,91,112)(H,94,123)(H,95,130)(H,96,126)(H,97,114)(H,98,113)(H,99,115)(H,100,128)(H,101,122)(H,102,127)(H,103,124)(H,104,131)(H,105,129)(H,106,125)(H,116,117)(H,118,119)(H,120,121)/t50-,51-,52-,61+,62+,63+,64+,65+,66+,67+,68-,77+,78+/m1/s1. The molecule has 0 bridgehead atoms. The summed E-state index contributed by atoms with van der Waals surface area (Å²) in [6, 6.07) is 5.46. The first-order valence-electron chi connectivity index (χ1n) is 44.5. The van der Waals surface area contributed by atoms with Crippen molar-refractivity contribution in [3.05, 3.63) is 126 Å². The Kier molecular flexibility index (Phi) is 43.5. The van der Waals surface area contributed by atoms with Crippen molar-refractivity contribution >= 4 is 145 Å². The first kappa shape index (κ1) is 109. The maximum Gasteiger partial charge on any atom is 0.329 e. The van der Waals surface area contributed by atoms with Gasteiger partial charge < -0.3 is 126 Å². The number of aromatic nitrogens is 1. The number of primary amides is 1. The number of rotatable bonds is 41. The number of unbranched alkanes of at least 4 members (excludes halogenated alkanes) is 6. The van der Waals surface area contributed by atoms with Gasteiger partial charge in [0.1, 0.15) is 72.6 Å². The minimum atomic E-state index is -3.94. The third kappa shape index (κ3) is 34.8. The summed E-state index contributed by atoms with van der Waals surface area (Å²) >= 11 is 0. The molecule has 7 rings (SSSR count). The van der Waals surface area contributed by atoms with Crippen molar-refractivity contribution in [2.75, 3.05) is 69.7 Å². The van der Waals surface area contributed by atoms with Crippen molar-refractivity contribution in [1.82, 2.24) is 83.7 Å². The number of aliphatic hydroxyl groups excluding tert-OH is 2. The molecule has 3 heterocycles. The van der Waals surface area contributed by atoms with E-state index in [2.05, 4.69) is 80.6 Å². The number of amides is 14. The summed E-state index contributed by atoms with van der Waals surface area (Å²) in [5.74, 6) is -27.3. The van der Waals surface area contributed by atoms with E-state index in [0.29, 0.717) is 48.0 Å². The van der Waals surface area contributed by atoms with E-state index in [1.54, 1.807) is 42.6 Å². The molecule has 0 radical (unpaired) electrons. The van der Waals surface area contributed by atoms with Crippen molar-refractivity contribution in [1.29, 1.82) is 0 Å². The van der Waals surface area contributed by atoms with Crippen molar-refractivity contribution in [3.8, 4) is 0 Å². The zero-order chi connectivity index (χ0) is 99.9. The number of nitrogens with one attached hydrogen (secondary N) is 15. The summed E-state index contributed by atoms with van der Waals surface area (Å²) in [6.07, 6.45) is -1.49.